The van der Waals surface area contributed by atoms with Crippen LogP contribution in [0.3, 0.4) is 0 Å². The highest BCUT2D eigenvalue weighted by molar-refractivity contribution is 5.87. The quantitative estimate of drug-likeness (QED) is 0.615. The molecule has 0 N–H and O–H groups in total. The summed E-state index contributed by atoms with van der Waals surface area (Å²) in [7, 11) is 0. The number of hydrogen-bond donors (Lipinski definition) is 0. The summed E-state index contributed by atoms with van der Waals surface area (Å²) in [6.07, 6.45) is 5.65. The van der Waals surface area contributed by atoms with E-state index in [2.05, 4.69) is 19.1 Å². The van der Waals surface area contributed by atoms with Crippen LogP contribution in [-0.4, -0.2) is 5.78 Å². The molecule has 1 saturated carbocycles. The molecule has 15 heavy (non-hydrogen) atoms. The van der Waals surface area contributed by atoms with Gasteiger partial charge < -0.3 is 0 Å². The molecule has 1 fully saturated rings. The van der Waals surface area contributed by atoms with E-state index in [-0.39, 0.29) is 11.7 Å². The van der Waals surface area contributed by atoms with Gasteiger partial charge in [-0.25, -0.2) is 0 Å². The van der Waals surface area contributed by atoms with Crippen LogP contribution in [0.15, 0.2) is 11.6 Å². The zero-order valence-electron chi connectivity index (χ0n) is 9.42. The molecule has 2 nitrogen and oxygen atoms in total. The lowest BCUT2D eigenvalue weighted by Crippen LogP contribution is -2.09. The molecule has 3 unspecified atom stereocenters. The first kappa shape index (κ1) is 10.4. The van der Waals surface area contributed by atoms with E-state index in [1.54, 1.807) is 0 Å². The van der Waals surface area contributed by atoms with Gasteiger partial charge in [0.25, 0.3) is 0 Å². The zero-order valence-corrected chi connectivity index (χ0v) is 9.42. The summed E-state index contributed by atoms with van der Waals surface area (Å²) in [5.41, 5.74) is 0.889. The number of carbonyl (C=O) groups is 1. The van der Waals surface area contributed by atoms with Crippen molar-refractivity contribution < 1.29 is 4.79 Å². The molecule has 0 amide bonds. The van der Waals surface area contributed by atoms with Crippen LogP contribution in [0, 0.1) is 28.6 Å². The van der Waals surface area contributed by atoms with Crippen LogP contribution in [-0.2, 0) is 4.79 Å². The van der Waals surface area contributed by atoms with Gasteiger partial charge in [-0.15, -0.1) is 0 Å². The molecule has 0 spiro atoms. The molecule has 0 bridgehead atoms. The largest absolute Gasteiger partial charge is 0.299 e. The molecular formula is C13H17NO. The van der Waals surface area contributed by atoms with Crippen molar-refractivity contribution in [3.05, 3.63) is 11.6 Å². The molecule has 2 aliphatic carbocycles. The van der Waals surface area contributed by atoms with Crippen molar-refractivity contribution in [2.24, 2.45) is 17.3 Å². The van der Waals surface area contributed by atoms with Crippen LogP contribution in [0.25, 0.3) is 0 Å². The fraction of sp³-hybridized carbons (Fsp3) is 0.692. The Morgan fingerprint density at radius 2 is 2.33 bits per heavy atom. The highest BCUT2D eigenvalue weighted by Crippen LogP contribution is 2.44. The molecule has 0 aromatic carbocycles. The van der Waals surface area contributed by atoms with Gasteiger partial charge in [-0.1, -0.05) is 18.6 Å². The summed E-state index contributed by atoms with van der Waals surface area (Å²) in [5, 5.41) is 9.03. The van der Waals surface area contributed by atoms with Crippen molar-refractivity contribution in [3.8, 4) is 6.07 Å². The highest BCUT2D eigenvalue weighted by atomic mass is 16.1. The van der Waals surface area contributed by atoms with Gasteiger partial charge in [-0.2, -0.15) is 5.26 Å². The summed E-state index contributed by atoms with van der Waals surface area (Å²) in [5.74, 6) is 0.945. The number of carbonyl (C=O) groups excluding carboxylic acids is 1. The Labute approximate surface area is 91.0 Å². The molecule has 0 aromatic rings. The predicted octanol–water partition coefficient (Wildman–Crippen LogP) is 2.85. The standard InChI is InChI=1S/C13H17NO/c1-9-3-4-10(5-9)11-6-13(2,8-14)7-12(11)15/h5,9,11H,3-4,6-7H2,1-2H3. The Morgan fingerprint density at radius 1 is 1.60 bits per heavy atom. The average molecular weight is 203 g/mol. The van der Waals surface area contributed by atoms with Crippen LogP contribution in [0.2, 0.25) is 0 Å². The summed E-state index contributed by atoms with van der Waals surface area (Å²) >= 11 is 0. The van der Waals surface area contributed by atoms with Gasteiger partial charge in [0.15, 0.2) is 0 Å². The SMILES string of the molecule is CC1C=C(C2CC(C)(C#N)CC2=O)CC1. The van der Waals surface area contributed by atoms with Gasteiger partial charge in [0.1, 0.15) is 5.78 Å². The van der Waals surface area contributed by atoms with Crippen LogP contribution in [0.1, 0.15) is 39.5 Å². The second-order valence-electron chi connectivity index (χ2n) is 5.33. The van der Waals surface area contributed by atoms with Crippen molar-refractivity contribution >= 4 is 5.78 Å². The first-order valence-corrected chi connectivity index (χ1v) is 5.69. The molecule has 2 aliphatic rings. The van der Waals surface area contributed by atoms with Crippen LogP contribution in [0.4, 0.5) is 0 Å². The lowest BCUT2D eigenvalue weighted by atomic mass is 9.87. The number of nitriles is 1. The second kappa shape index (κ2) is 3.48. The number of Topliss-reactive ketones (excluding diaryl/α,β-unsaturated/α-hetero) is 1. The second-order valence-corrected chi connectivity index (χ2v) is 5.33. The molecule has 0 aromatic heterocycles. The van der Waals surface area contributed by atoms with Crippen molar-refractivity contribution in [3.63, 3.8) is 0 Å². The monoisotopic (exact) mass is 203 g/mol. The van der Waals surface area contributed by atoms with Gasteiger partial charge in [0.05, 0.1) is 11.5 Å². The molecule has 2 heteroatoms. The van der Waals surface area contributed by atoms with Gasteiger partial charge in [0, 0.05) is 12.3 Å². The minimum absolute atomic E-state index is 0.0552. The summed E-state index contributed by atoms with van der Waals surface area (Å²) < 4.78 is 0. The number of nitrogens with zero attached hydrogens (tertiary/aromatic N) is 1. The Morgan fingerprint density at radius 3 is 2.80 bits per heavy atom. The molecule has 3 atom stereocenters. The lowest BCUT2D eigenvalue weighted by molar-refractivity contribution is -0.120. The number of allylic oxidation sites excluding steroid dienone is 2. The summed E-state index contributed by atoms with van der Waals surface area (Å²) in [6, 6.07) is 2.29. The van der Waals surface area contributed by atoms with Crippen molar-refractivity contribution in [2.75, 3.05) is 0 Å². The molecule has 0 radical (unpaired) electrons. The Kier molecular flexibility index (Phi) is 2.42. The molecule has 0 aliphatic heterocycles. The van der Waals surface area contributed by atoms with Crippen LogP contribution >= 0.6 is 0 Å². The lowest BCUT2D eigenvalue weighted by Gasteiger charge is -2.13. The number of hydrogen-bond acceptors (Lipinski definition) is 2. The number of rotatable bonds is 1. The maximum atomic E-state index is 11.9. The maximum absolute atomic E-state index is 11.9. The van der Waals surface area contributed by atoms with E-state index in [1.807, 2.05) is 6.92 Å². The third-order valence-corrected chi connectivity index (χ3v) is 3.71. The van der Waals surface area contributed by atoms with Gasteiger partial charge in [-0.05, 0) is 32.1 Å². The minimum Gasteiger partial charge on any atom is -0.299 e. The van der Waals surface area contributed by atoms with E-state index in [9.17, 15) is 4.79 Å². The smallest absolute Gasteiger partial charge is 0.141 e. The van der Waals surface area contributed by atoms with Crippen molar-refractivity contribution in [1.29, 1.82) is 5.26 Å². The van der Waals surface area contributed by atoms with E-state index < -0.39 is 5.41 Å². The highest BCUT2D eigenvalue weighted by Gasteiger charge is 2.43. The Bertz CT molecular complexity index is 363. The fourth-order valence-electron chi connectivity index (χ4n) is 2.78. The van der Waals surface area contributed by atoms with Crippen molar-refractivity contribution in [1.82, 2.24) is 0 Å². The molecule has 2 rings (SSSR count). The molecule has 0 heterocycles. The first-order chi connectivity index (χ1) is 7.04. The molecule has 0 saturated heterocycles. The Balaban J connectivity index is 2.17. The topological polar surface area (TPSA) is 40.9 Å². The average Bonchev–Trinajstić information content (AvgIpc) is 2.72. The summed E-state index contributed by atoms with van der Waals surface area (Å²) in [4.78, 5) is 11.9. The Hall–Kier alpha value is -1.10. The van der Waals surface area contributed by atoms with Crippen LogP contribution in [0.5, 0.6) is 0 Å². The van der Waals surface area contributed by atoms with E-state index in [1.165, 1.54) is 12.0 Å². The van der Waals surface area contributed by atoms with E-state index in [0.29, 0.717) is 12.3 Å². The first-order valence-electron chi connectivity index (χ1n) is 5.69. The number of ketones is 1. The molecular weight excluding hydrogens is 186 g/mol. The van der Waals surface area contributed by atoms with Gasteiger partial charge in [0.2, 0.25) is 0 Å². The van der Waals surface area contributed by atoms with Gasteiger partial charge in [-0.3, -0.25) is 4.79 Å². The maximum Gasteiger partial charge on any atom is 0.141 e. The minimum atomic E-state index is -0.408. The van der Waals surface area contributed by atoms with E-state index in [4.69, 9.17) is 5.26 Å². The van der Waals surface area contributed by atoms with Crippen molar-refractivity contribution in [2.45, 2.75) is 39.5 Å². The van der Waals surface area contributed by atoms with E-state index >= 15 is 0 Å². The van der Waals surface area contributed by atoms with E-state index in [0.717, 1.165) is 12.8 Å². The fourth-order valence-corrected chi connectivity index (χ4v) is 2.78. The summed E-state index contributed by atoms with van der Waals surface area (Å²) in [6.45, 7) is 4.10. The third kappa shape index (κ3) is 1.84. The van der Waals surface area contributed by atoms with Crippen LogP contribution < -0.4 is 0 Å². The predicted molar refractivity (Wildman–Crippen MR) is 57.9 cm³/mol. The third-order valence-electron chi connectivity index (χ3n) is 3.71. The zero-order chi connectivity index (χ0) is 11.1. The normalized spacial score (nSPS) is 40.3. The molecule has 80 valence electrons. The van der Waals surface area contributed by atoms with Gasteiger partial charge >= 0.3 is 0 Å².